The normalized spacial score (nSPS) is 13.3. The molecule has 5 nitrogen and oxygen atoms in total. The number of hydrogen-bond donors (Lipinski definition) is 2. The molecule has 0 fully saturated rings. The maximum absolute atomic E-state index is 12.7. The van der Waals surface area contributed by atoms with Crippen molar-refractivity contribution in [3.8, 4) is 0 Å². The lowest BCUT2D eigenvalue weighted by Gasteiger charge is -2.21. The topological polar surface area (TPSA) is 71.3 Å². The van der Waals surface area contributed by atoms with Crippen molar-refractivity contribution in [3.05, 3.63) is 45.5 Å². The first-order valence-corrected chi connectivity index (χ1v) is 10.3. The molecule has 2 N–H and O–H groups in total. The van der Waals surface area contributed by atoms with Crippen molar-refractivity contribution >= 4 is 34.9 Å². The first-order chi connectivity index (χ1) is 11.9. The maximum atomic E-state index is 12.7. The van der Waals surface area contributed by atoms with E-state index in [2.05, 4.69) is 30.5 Å². The van der Waals surface area contributed by atoms with Gasteiger partial charge in [0.05, 0.1) is 12.3 Å². The molecular weight excluding hydrogens is 356 g/mol. The summed E-state index contributed by atoms with van der Waals surface area (Å²) < 4.78 is 5.10. The SMILES string of the molecule is CSCC[C@@H](NC(=O)c1ccco1)C(=O)N[C@H](C)c1cc(C)sc1C. The van der Waals surface area contributed by atoms with Gasteiger partial charge in [0.15, 0.2) is 5.76 Å². The maximum Gasteiger partial charge on any atom is 0.287 e. The van der Waals surface area contributed by atoms with E-state index in [4.69, 9.17) is 4.42 Å². The fourth-order valence-electron chi connectivity index (χ4n) is 2.61. The Morgan fingerprint density at radius 2 is 2.08 bits per heavy atom. The van der Waals surface area contributed by atoms with E-state index in [0.717, 1.165) is 11.3 Å². The molecule has 0 unspecified atom stereocenters. The zero-order valence-corrected chi connectivity index (χ0v) is 16.6. The molecule has 2 atom stereocenters. The Morgan fingerprint density at radius 3 is 2.64 bits per heavy atom. The van der Waals surface area contributed by atoms with Gasteiger partial charge in [0.25, 0.3) is 5.91 Å². The minimum absolute atomic E-state index is 0.102. The Bertz CT molecular complexity index is 710. The summed E-state index contributed by atoms with van der Waals surface area (Å²) in [5.74, 6) is 0.437. The van der Waals surface area contributed by atoms with Crippen LogP contribution in [0.15, 0.2) is 28.9 Å². The van der Waals surface area contributed by atoms with Crippen molar-refractivity contribution in [2.45, 2.75) is 39.3 Å². The number of aryl methyl sites for hydroxylation is 2. The standard InChI is InChI=1S/C18H24N2O3S2/c1-11-10-14(13(3)25-11)12(2)19-17(21)15(7-9-24-4)20-18(22)16-6-5-8-23-16/h5-6,8,10,12,15H,7,9H2,1-4H3,(H,19,21)(H,20,22)/t12-,15-/m1/s1. The lowest BCUT2D eigenvalue weighted by Crippen LogP contribution is -2.47. The Morgan fingerprint density at radius 1 is 1.32 bits per heavy atom. The summed E-state index contributed by atoms with van der Waals surface area (Å²) in [4.78, 5) is 27.3. The van der Waals surface area contributed by atoms with Gasteiger partial charge >= 0.3 is 0 Å². The Hall–Kier alpha value is -1.73. The van der Waals surface area contributed by atoms with Crippen LogP contribution in [0.5, 0.6) is 0 Å². The summed E-state index contributed by atoms with van der Waals surface area (Å²) >= 11 is 3.36. The van der Waals surface area contributed by atoms with Crippen LogP contribution in [0, 0.1) is 13.8 Å². The van der Waals surface area contributed by atoms with Gasteiger partial charge < -0.3 is 15.1 Å². The smallest absolute Gasteiger partial charge is 0.287 e. The van der Waals surface area contributed by atoms with E-state index in [-0.39, 0.29) is 23.6 Å². The average Bonchev–Trinajstić information content (AvgIpc) is 3.20. The number of nitrogens with one attached hydrogen (secondary N) is 2. The fraction of sp³-hybridized carbons (Fsp3) is 0.444. The number of hydrogen-bond acceptors (Lipinski definition) is 5. The number of thioether (sulfide) groups is 1. The first-order valence-electron chi connectivity index (χ1n) is 8.13. The third kappa shape index (κ3) is 5.37. The Labute approximate surface area is 156 Å². The molecule has 0 aliphatic heterocycles. The molecule has 0 saturated carbocycles. The third-order valence-electron chi connectivity index (χ3n) is 3.88. The molecule has 0 saturated heterocycles. The first kappa shape index (κ1) is 19.6. The minimum Gasteiger partial charge on any atom is -0.459 e. The highest BCUT2D eigenvalue weighted by atomic mass is 32.2. The number of rotatable bonds is 8. The quantitative estimate of drug-likeness (QED) is 0.733. The number of furan rings is 1. The van der Waals surface area contributed by atoms with Crippen LogP contribution in [0.2, 0.25) is 0 Å². The van der Waals surface area contributed by atoms with Gasteiger partial charge in [0, 0.05) is 9.75 Å². The van der Waals surface area contributed by atoms with E-state index in [0.29, 0.717) is 6.42 Å². The molecule has 0 bridgehead atoms. The molecule has 0 spiro atoms. The molecule has 25 heavy (non-hydrogen) atoms. The molecule has 136 valence electrons. The van der Waals surface area contributed by atoms with Gasteiger partial charge in [-0.05, 0) is 63.0 Å². The van der Waals surface area contributed by atoms with E-state index in [1.807, 2.05) is 13.2 Å². The minimum atomic E-state index is -0.590. The second-order valence-corrected chi connectivity index (χ2v) is 8.33. The summed E-state index contributed by atoms with van der Waals surface area (Å²) in [6.07, 6.45) is 3.98. The van der Waals surface area contributed by atoms with Crippen LogP contribution in [0.1, 0.15) is 45.3 Å². The molecular formula is C18H24N2O3S2. The molecule has 0 aromatic carbocycles. The van der Waals surface area contributed by atoms with Gasteiger partial charge in [0.2, 0.25) is 5.91 Å². The summed E-state index contributed by atoms with van der Waals surface area (Å²) in [7, 11) is 0. The molecule has 2 aromatic rings. The molecule has 0 aliphatic carbocycles. The molecule has 2 rings (SSSR count). The van der Waals surface area contributed by atoms with E-state index >= 15 is 0 Å². The molecule has 0 aliphatic rings. The van der Waals surface area contributed by atoms with E-state index in [1.54, 1.807) is 35.2 Å². The van der Waals surface area contributed by atoms with Crippen LogP contribution in [-0.4, -0.2) is 29.9 Å². The van der Waals surface area contributed by atoms with Crippen LogP contribution < -0.4 is 10.6 Å². The second kappa shape index (κ2) is 9.10. The third-order valence-corrected chi connectivity index (χ3v) is 5.51. The van der Waals surface area contributed by atoms with Crippen molar-refractivity contribution in [2.24, 2.45) is 0 Å². The second-order valence-electron chi connectivity index (χ2n) is 5.88. The number of carbonyl (C=O) groups is 2. The highest BCUT2D eigenvalue weighted by Crippen LogP contribution is 2.26. The summed E-state index contributed by atoms with van der Waals surface area (Å²) in [6.45, 7) is 6.08. The van der Waals surface area contributed by atoms with Crippen LogP contribution in [-0.2, 0) is 4.79 Å². The van der Waals surface area contributed by atoms with Crippen LogP contribution in [0.4, 0.5) is 0 Å². The van der Waals surface area contributed by atoms with Crippen molar-refractivity contribution < 1.29 is 14.0 Å². The van der Waals surface area contributed by atoms with Gasteiger partial charge in [-0.3, -0.25) is 9.59 Å². The number of carbonyl (C=O) groups excluding carboxylic acids is 2. The van der Waals surface area contributed by atoms with Crippen LogP contribution in [0.25, 0.3) is 0 Å². The summed E-state index contributed by atoms with van der Waals surface area (Å²) in [5.41, 5.74) is 1.12. The number of amides is 2. The predicted octanol–water partition coefficient (Wildman–Crippen LogP) is 3.69. The monoisotopic (exact) mass is 380 g/mol. The zero-order chi connectivity index (χ0) is 18.4. The van der Waals surface area contributed by atoms with Gasteiger partial charge in [0.1, 0.15) is 6.04 Å². The van der Waals surface area contributed by atoms with E-state index in [1.165, 1.54) is 16.0 Å². The van der Waals surface area contributed by atoms with Gasteiger partial charge in [-0.25, -0.2) is 0 Å². The van der Waals surface area contributed by atoms with Crippen molar-refractivity contribution in [1.82, 2.24) is 10.6 Å². The highest BCUT2D eigenvalue weighted by Gasteiger charge is 2.24. The Balaban J connectivity index is 2.04. The van der Waals surface area contributed by atoms with E-state index < -0.39 is 6.04 Å². The summed E-state index contributed by atoms with van der Waals surface area (Å²) in [5, 5.41) is 5.80. The lowest BCUT2D eigenvalue weighted by molar-refractivity contribution is -0.123. The molecule has 2 heterocycles. The van der Waals surface area contributed by atoms with E-state index in [9.17, 15) is 9.59 Å². The van der Waals surface area contributed by atoms with Crippen LogP contribution >= 0.6 is 23.1 Å². The number of thiophene rings is 1. The zero-order valence-electron chi connectivity index (χ0n) is 14.9. The van der Waals surface area contributed by atoms with Crippen molar-refractivity contribution in [2.75, 3.05) is 12.0 Å². The summed E-state index contributed by atoms with van der Waals surface area (Å²) in [6, 6.07) is 4.64. The van der Waals surface area contributed by atoms with Crippen LogP contribution in [0.3, 0.4) is 0 Å². The molecule has 7 heteroatoms. The van der Waals surface area contributed by atoms with Gasteiger partial charge in [-0.15, -0.1) is 11.3 Å². The van der Waals surface area contributed by atoms with Crippen molar-refractivity contribution in [1.29, 1.82) is 0 Å². The fourth-order valence-corrected chi connectivity index (χ4v) is 4.11. The van der Waals surface area contributed by atoms with Gasteiger partial charge in [-0.1, -0.05) is 0 Å². The molecule has 2 amide bonds. The predicted molar refractivity (Wildman–Crippen MR) is 103 cm³/mol. The highest BCUT2D eigenvalue weighted by molar-refractivity contribution is 7.98. The molecule has 2 aromatic heterocycles. The lowest BCUT2D eigenvalue weighted by atomic mass is 10.1. The average molecular weight is 381 g/mol. The molecule has 0 radical (unpaired) electrons. The largest absolute Gasteiger partial charge is 0.459 e. The van der Waals surface area contributed by atoms with Gasteiger partial charge in [-0.2, -0.15) is 11.8 Å². The van der Waals surface area contributed by atoms with Crippen molar-refractivity contribution in [3.63, 3.8) is 0 Å². The Kier molecular flexibility index (Phi) is 7.13.